The molecule has 0 aliphatic heterocycles. The number of hydrogen-bond acceptors (Lipinski definition) is 3. The molecule has 0 radical (unpaired) electrons. The van der Waals surface area contributed by atoms with Crippen LogP contribution in [0.1, 0.15) is 37.3 Å². The minimum atomic E-state index is 0.539. The Hall–Kier alpha value is -1.53. The molecule has 1 fully saturated rings. The Morgan fingerprint density at radius 1 is 1.50 bits per heavy atom. The predicted octanol–water partition coefficient (Wildman–Crippen LogP) is 2.67. The number of methoxy groups -OCH3 is 1. The maximum absolute atomic E-state index is 9.08. The second kappa shape index (κ2) is 5.41. The first-order valence-electron chi connectivity index (χ1n) is 6.47. The van der Waals surface area contributed by atoms with Gasteiger partial charge in [-0.3, -0.25) is 0 Å². The summed E-state index contributed by atoms with van der Waals surface area (Å²) in [5, 5.41) is 12.5. The maximum atomic E-state index is 9.08. The molecule has 1 aliphatic carbocycles. The van der Waals surface area contributed by atoms with Crippen LogP contribution in [0.25, 0.3) is 0 Å². The topological polar surface area (TPSA) is 45.0 Å². The summed E-state index contributed by atoms with van der Waals surface area (Å²) in [6.45, 7) is 5.40. The summed E-state index contributed by atoms with van der Waals surface area (Å²) in [5.74, 6) is 1.99. The summed E-state index contributed by atoms with van der Waals surface area (Å²) in [6.07, 6.45) is 1.22. The molecule has 0 spiro atoms. The fraction of sp³-hybridized carbons (Fsp3) is 0.533. The van der Waals surface area contributed by atoms with E-state index in [2.05, 4.69) is 31.3 Å². The largest absolute Gasteiger partial charge is 0.495 e. The summed E-state index contributed by atoms with van der Waals surface area (Å²) in [4.78, 5) is 0. The number of ether oxygens (including phenoxy) is 1. The molecular formula is C15H20N2O. The predicted molar refractivity (Wildman–Crippen MR) is 71.7 cm³/mol. The molecule has 0 heterocycles. The van der Waals surface area contributed by atoms with Gasteiger partial charge in [0.15, 0.2) is 0 Å². The SMILES string of the molecule is COc1ccc(C2CC2CNC(C)C)cc1C#N. The van der Waals surface area contributed by atoms with Crippen LogP contribution in [0.5, 0.6) is 5.75 Å². The molecule has 0 amide bonds. The van der Waals surface area contributed by atoms with Crippen LogP contribution in [0.15, 0.2) is 18.2 Å². The average Bonchev–Trinajstić information content (AvgIpc) is 3.15. The van der Waals surface area contributed by atoms with E-state index in [-0.39, 0.29) is 0 Å². The van der Waals surface area contributed by atoms with Crippen LogP contribution in [0.3, 0.4) is 0 Å². The first-order valence-corrected chi connectivity index (χ1v) is 6.47. The van der Waals surface area contributed by atoms with Gasteiger partial charge in [-0.2, -0.15) is 5.26 Å². The third-order valence-electron chi connectivity index (χ3n) is 3.48. The Bertz CT molecular complexity index is 462. The van der Waals surface area contributed by atoms with Gasteiger partial charge in [0.25, 0.3) is 0 Å². The first-order chi connectivity index (χ1) is 8.65. The van der Waals surface area contributed by atoms with E-state index in [0.717, 1.165) is 6.54 Å². The lowest BCUT2D eigenvalue weighted by atomic mass is 10.1. The van der Waals surface area contributed by atoms with Crippen LogP contribution >= 0.6 is 0 Å². The molecule has 2 atom stereocenters. The quantitative estimate of drug-likeness (QED) is 0.866. The van der Waals surface area contributed by atoms with Gasteiger partial charge in [-0.25, -0.2) is 0 Å². The normalized spacial score (nSPS) is 21.7. The van der Waals surface area contributed by atoms with E-state index in [0.29, 0.717) is 29.2 Å². The summed E-state index contributed by atoms with van der Waals surface area (Å²) >= 11 is 0. The molecule has 2 rings (SSSR count). The molecule has 1 aliphatic rings. The first kappa shape index (κ1) is 12.9. The summed E-state index contributed by atoms with van der Waals surface area (Å²) in [5.41, 5.74) is 1.90. The van der Waals surface area contributed by atoms with Crippen LogP contribution in [-0.4, -0.2) is 19.7 Å². The van der Waals surface area contributed by atoms with Gasteiger partial charge in [0.1, 0.15) is 11.8 Å². The zero-order valence-corrected chi connectivity index (χ0v) is 11.2. The van der Waals surface area contributed by atoms with Gasteiger partial charge in [-0.15, -0.1) is 0 Å². The summed E-state index contributed by atoms with van der Waals surface area (Å²) < 4.78 is 5.16. The number of hydrogen-bond donors (Lipinski definition) is 1. The molecule has 1 aromatic carbocycles. The van der Waals surface area contributed by atoms with Crippen LogP contribution in [0.2, 0.25) is 0 Å². The molecule has 1 aromatic rings. The zero-order valence-electron chi connectivity index (χ0n) is 11.2. The number of nitriles is 1. The number of benzene rings is 1. The van der Waals surface area contributed by atoms with E-state index in [1.807, 2.05) is 12.1 Å². The molecule has 96 valence electrons. The monoisotopic (exact) mass is 244 g/mol. The van der Waals surface area contributed by atoms with Crippen molar-refractivity contribution >= 4 is 0 Å². The van der Waals surface area contributed by atoms with E-state index >= 15 is 0 Å². The van der Waals surface area contributed by atoms with E-state index < -0.39 is 0 Å². The molecule has 18 heavy (non-hydrogen) atoms. The molecule has 1 N–H and O–H groups in total. The van der Waals surface area contributed by atoms with Crippen molar-refractivity contribution in [3.63, 3.8) is 0 Å². The van der Waals surface area contributed by atoms with Crippen LogP contribution in [0, 0.1) is 17.2 Å². The smallest absolute Gasteiger partial charge is 0.136 e. The van der Waals surface area contributed by atoms with Crippen molar-refractivity contribution < 1.29 is 4.74 Å². The molecular weight excluding hydrogens is 224 g/mol. The molecule has 2 unspecified atom stereocenters. The second-order valence-corrected chi connectivity index (χ2v) is 5.24. The minimum Gasteiger partial charge on any atom is -0.495 e. The Balaban J connectivity index is 2.02. The number of nitrogens with one attached hydrogen (secondary N) is 1. The Kier molecular flexibility index (Phi) is 3.88. The summed E-state index contributed by atoms with van der Waals surface area (Å²) in [7, 11) is 1.60. The maximum Gasteiger partial charge on any atom is 0.136 e. The van der Waals surface area contributed by atoms with Crippen LogP contribution in [0.4, 0.5) is 0 Å². The van der Waals surface area contributed by atoms with Crippen molar-refractivity contribution in [3.05, 3.63) is 29.3 Å². The molecule has 0 saturated heterocycles. The second-order valence-electron chi connectivity index (χ2n) is 5.24. The van der Waals surface area contributed by atoms with Crippen LogP contribution in [-0.2, 0) is 0 Å². The molecule has 1 saturated carbocycles. The molecule has 0 aromatic heterocycles. The Morgan fingerprint density at radius 2 is 2.28 bits per heavy atom. The van der Waals surface area contributed by atoms with Crippen molar-refractivity contribution in [3.8, 4) is 11.8 Å². The van der Waals surface area contributed by atoms with Gasteiger partial charge in [0.05, 0.1) is 12.7 Å². The van der Waals surface area contributed by atoms with Gasteiger partial charge in [-0.1, -0.05) is 19.9 Å². The fourth-order valence-electron chi connectivity index (χ4n) is 2.31. The van der Waals surface area contributed by atoms with Crippen LogP contribution < -0.4 is 10.1 Å². The van der Waals surface area contributed by atoms with E-state index in [1.165, 1.54) is 12.0 Å². The number of rotatable bonds is 5. The summed E-state index contributed by atoms with van der Waals surface area (Å²) in [6, 6.07) is 8.69. The van der Waals surface area contributed by atoms with Gasteiger partial charge in [-0.05, 0) is 42.5 Å². The van der Waals surface area contributed by atoms with E-state index in [1.54, 1.807) is 7.11 Å². The van der Waals surface area contributed by atoms with Crippen molar-refractivity contribution in [1.29, 1.82) is 5.26 Å². The minimum absolute atomic E-state index is 0.539. The lowest BCUT2D eigenvalue weighted by Gasteiger charge is -2.08. The van der Waals surface area contributed by atoms with E-state index in [9.17, 15) is 0 Å². The number of nitrogens with zero attached hydrogens (tertiary/aromatic N) is 1. The Morgan fingerprint density at radius 3 is 2.89 bits per heavy atom. The highest BCUT2D eigenvalue weighted by Gasteiger charge is 2.38. The zero-order chi connectivity index (χ0) is 13.1. The molecule has 3 heteroatoms. The molecule has 0 bridgehead atoms. The highest BCUT2D eigenvalue weighted by molar-refractivity contribution is 5.47. The fourth-order valence-corrected chi connectivity index (χ4v) is 2.31. The van der Waals surface area contributed by atoms with Crippen molar-refractivity contribution in [2.24, 2.45) is 5.92 Å². The van der Waals surface area contributed by atoms with Gasteiger partial charge >= 0.3 is 0 Å². The highest BCUT2D eigenvalue weighted by Crippen LogP contribution is 2.47. The standard InChI is InChI=1S/C15H20N2O/c1-10(2)17-9-13-7-14(13)11-4-5-15(18-3)12(6-11)8-16/h4-6,10,13-14,17H,7,9H2,1-3H3. The van der Waals surface area contributed by atoms with Crippen molar-refractivity contribution in [1.82, 2.24) is 5.32 Å². The van der Waals surface area contributed by atoms with Crippen molar-refractivity contribution in [2.75, 3.05) is 13.7 Å². The van der Waals surface area contributed by atoms with E-state index in [4.69, 9.17) is 10.00 Å². The molecule has 3 nitrogen and oxygen atoms in total. The third-order valence-corrected chi connectivity index (χ3v) is 3.48. The lowest BCUT2D eigenvalue weighted by molar-refractivity contribution is 0.413. The highest BCUT2D eigenvalue weighted by atomic mass is 16.5. The van der Waals surface area contributed by atoms with Gasteiger partial charge in [0.2, 0.25) is 0 Å². The third kappa shape index (κ3) is 2.83. The van der Waals surface area contributed by atoms with Gasteiger partial charge in [0, 0.05) is 6.04 Å². The Labute approximate surface area is 109 Å². The average molecular weight is 244 g/mol. The van der Waals surface area contributed by atoms with Crippen molar-refractivity contribution in [2.45, 2.75) is 32.2 Å². The van der Waals surface area contributed by atoms with Gasteiger partial charge < -0.3 is 10.1 Å². The lowest BCUT2D eigenvalue weighted by Crippen LogP contribution is -2.25.